The third-order valence-corrected chi connectivity index (χ3v) is 4.99. The van der Waals surface area contributed by atoms with Gasteiger partial charge in [0.05, 0.1) is 12.5 Å². The molecule has 1 aromatic rings. The first kappa shape index (κ1) is 17.0. The molecule has 0 radical (unpaired) electrons. The number of nitrogens with zero attached hydrogens (tertiary/aromatic N) is 2. The van der Waals surface area contributed by atoms with Gasteiger partial charge in [-0.05, 0) is 51.3 Å². The predicted molar refractivity (Wildman–Crippen MR) is 94.8 cm³/mol. The number of anilines is 1. The molecule has 3 rings (SSSR count). The second-order valence-electron chi connectivity index (χ2n) is 7.02. The van der Waals surface area contributed by atoms with Gasteiger partial charge < -0.3 is 10.2 Å². The van der Waals surface area contributed by atoms with E-state index in [2.05, 4.69) is 10.2 Å². The van der Waals surface area contributed by atoms with Crippen molar-refractivity contribution >= 4 is 17.5 Å². The summed E-state index contributed by atoms with van der Waals surface area (Å²) in [5, 5.41) is 2.93. The summed E-state index contributed by atoms with van der Waals surface area (Å²) in [6.45, 7) is 5.72. The van der Waals surface area contributed by atoms with E-state index in [9.17, 15) is 9.59 Å². The van der Waals surface area contributed by atoms with E-state index in [4.69, 9.17) is 0 Å². The SMILES string of the molecule is Cc1ccc(NC(=O)CN2CCC(C(=O)N3CCCCC3)C2)cc1. The van der Waals surface area contributed by atoms with E-state index < -0.39 is 0 Å². The Labute approximate surface area is 144 Å². The third-order valence-electron chi connectivity index (χ3n) is 4.99. The van der Waals surface area contributed by atoms with Crippen molar-refractivity contribution in [3.63, 3.8) is 0 Å². The third kappa shape index (κ3) is 4.35. The first-order valence-electron chi connectivity index (χ1n) is 8.99. The highest BCUT2D eigenvalue weighted by atomic mass is 16.2. The van der Waals surface area contributed by atoms with Crippen molar-refractivity contribution in [3.8, 4) is 0 Å². The minimum absolute atomic E-state index is 0.00933. The van der Waals surface area contributed by atoms with E-state index in [0.717, 1.165) is 44.6 Å². The second-order valence-corrected chi connectivity index (χ2v) is 7.02. The fraction of sp³-hybridized carbons (Fsp3) is 0.579. The van der Waals surface area contributed by atoms with Crippen LogP contribution in [0.25, 0.3) is 0 Å². The summed E-state index contributed by atoms with van der Waals surface area (Å²) in [4.78, 5) is 28.8. The van der Waals surface area contributed by atoms with E-state index in [-0.39, 0.29) is 17.7 Å². The largest absolute Gasteiger partial charge is 0.342 e. The van der Waals surface area contributed by atoms with Crippen LogP contribution < -0.4 is 5.32 Å². The van der Waals surface area contributed by atoms with Crippen LogP contribution in [0.4, 0.5) is 5.69 Å². The molecule has 24 heavy (non-hydrogen) atoms. The van der Waals surface area contributed by atoms with Crippen LogP contribution >= 0.6 is 0 Å². The molecule has 0 bridgehead atoms. The van der Waals surface area contributed by atoms with Crippen LogP contribution in [0, 0.1) is 12.8 Å². The van der Waals surface area contributed by atoms with Gasteiger partial charge in [-0.3, -0.25) is 14.5 Å². The van der Waals surface area contributed by atoms with Gasteiger partial charge in [0.25, 0.3) is 0 Å². The van der Waals surface area contributed by atoms with E-state index >= 15 is 0 Å². The minimum Gasteiger partial charge on any atom is -0.342 e. The maximum Gasteiger partial charge on any atom is 0.238 e. The summed E-state index contributed by atoms with van der Waals surface area (Å²) in [6.07, 6.45) is 4.36. The van der Waals surface area contributed by atoms with Crippen molar-refractivity contribution in [1.82, 2.24) is 9.80 Å². The number of hydrogen-bond acceptors (Lipinski definition) is 3. The molecule has 130 valence electrons. The highest BCUT2D eigenvalue weighted by Gasteiger charge is 2.32. The highest BCUT2D eigenvalue weighted by molar-refractivity contribution is 5.92. The molecule has 0 aliphatic carbocycles. The summed E-state index contributed by atoms with van der Waals surface area (Å²) in [5.74, 6) is 0.344. The van der Waals surface area contributed by atoms with E-state index in [1.165, 1.54) is 12.0 Å². The van der Waals surface area contributed by atoms with Gasteiger partial charge >= 0.3 is 0 Å². The van der Waals surface area contributed by atoms with Crippen molar-refractivity contribution in [1.29, 1.82) is 0 Å². The number of rotatable bonds is 4. The average Bonchev–Trinajstić information content (AvgIpc) is 3.05. The van der Waals surface area contributed by atoms with Gasteiger partial charge in [-0.25, -0.2) is 0 Å². The monoisotopic (exact) mass is 329 g/mol. The topological polar surface area (TPSA) is 52.7 Å². The van der Waals surface area contributed by atoms with Gasteiger partial charge in [0, 0.05) is 25.3 Å². The van der Waals surface area contributed by atoms with Gasteiger partial charge in [0.2, 0.25) is 11.8 Å². The zero-order valence-electron chi connectivity index (χ0n) is 14.5. The highest BCUT2D eigenvalue weighted by Crippen LogP contribution is 2.21. The van der Waals surface area contributed by atoms with E-state index in [1.54, 1.807) is 0 Å². The number of carbonyl (C=O) groups excluding carboxylic acids is 2. The first-order valence-corrected chi connectivity index (χ1v) is 8.99. The van der Waals surface area contributed by atoms with Crippen molar-refractivity contribution in [2.24, 2.45) is 5.92 Å². The lowest BCUT2D eigenvalue weighted by Crippen LogP contribution is -2.41. The number of piperidine rings is 1. The molecule has 1 unspecified atom stereocenters. The number of nitrogens with one attached hydrogen (secondary N) is 1. The molecule has 2 aliphatic heterocycles. The Hall–Kier alpha value is -1.88. The van der Waals surface area contributed by atoms with Gasteiger partial charge in [0.15, 0.2) is 0 Å². The van der Waals surface area contributed by atoms with Gasteiger partial charge in [0.1, 0.15) is 0 Å². The molecule has 0 saturated carbocycles. The lowest BCUT2D eigenvalue weighted by atomic mass is 10.0. The quantitative estimate of drug-likeness (QED) is 0.922. The van der Waals surface area contributed by atoms with Crippen LogP contribution in [0.15, 0.2) is 24.3 Å². The Kier molecular flexibility index (Phi) is 5.51. The zero-order chi connectivity index (χ0) is 16.9. The molecule has 2 heterocycles. The molecule has 2 saturated heterocycles. The summed E-state index contributed by atoms with van der Waals surface area (Å²) in [6, 6.07) is 7.80. The Bertz CT molecular complexity index is 579. The number of hydrogen-bond donors (Lipinski definition) is 1. The van der Waals surface area contributed by atoms with Crippen LogP contribution in [-0.4, -0.2) is 54.3 Å². The van der Waals surface area contributed by atoms with E-state index in [0.29, 0.717) is 13.1 Å². The number of carbonyl (C=O) groups is 2. The van der Waals surface area contributed by atoms with Crippen molar-refractivity contribution in [3.05, 3.63) is 29.8 Å². The van der Waals surface area contributed by atoms with Crippen molar-refractivity contribution in [2.45, 2.75) is 32.6 Å². The Morgan fingerprint density at radius 3 is 2.50 bits per heavy atom. The van der Waals surface area contributed by atoms with Crippen molar-refractivity contribution < 1.29 is 9.59 Å². The van der Waals surface area contributed by atoms with Crippen molar-refractivity contribution in [2.75, 3.05) is 38.0 Å². The van der Waals surface area contributed by atoms with Crippen LogP contribution in [0.5, 0.6) is 0 Å². The minimum atomic E-state index is -0.00933. The normalized spacial score (nSPS) is 21.7. The van der Waals surface area contributed by atoms with Gasteiger partial charge in [-0.1, -0.05) is 17.7 Å². The Morgan fingerprint density at radius 1 is 1.08 bits per heavy atom. The zero-order valence-corrected chi connectivity index (χ0v) is 14.5. The summed E-state index contributed by atoms with van der Waals surface area (Å²) in [7, 11) is 0. The van der Waals surface area contributed by atoms with Crippen LogP contribution in [0.2, 0.25) is 0 Å². The lowest BCUT2D eigenvalue weighted by Gasteiger charge is -2.29. The molecular weight excluding hydrogens is 302 g/mol. The fourth-order valence-corrected chi connectivity index (χ4v) is 3.59. The number of aryl methyl sites for hydroxylation is 1. The molecule has 1 N–H and O–H groups in total. The molecule has 2 fully saturated rings. The van der Waals surface area contributed by atoms with Gasteiger partial charge in [-0.2, -0.15) is 0 Å². The van der Waals surface area contributed by atoms with E-state index in [1.807, 2.05) is 36.1 Å². The average molecular weight is 329 g/mol. The van der Waals surface area contributed by atoms with Crippen LogP contribution in [0.1, 0.15) is 31.2 Å². The molecule has 1 atom stereocenters. The number of likely N-dealkylation sites (tertiary alicyclic amines) is 2. The summed E-state index contributed by atoms with van der Waals surface area (Å²) >= 11 is 0. The molecule has 2 aliphatic rings. The first-order chi connectivity index (χ1) is 11.6. The predicted octanol–water partition coefficient (Wildman–Crippen LogP) is 2.27. The van der Waals surface area contributed by atoms with Crippen LogP contribution in [0.3, 0.4) is 0 Å². The maximum absolute atomic E-state index is 12.6. The number of amides is 2. The second kappa shape index (κ2) is 7.79. The molecule has 0 spiro atoms. The molecule has 1 aromatic carbocycles. The molecule has 2 amide bonds. The van der Waals surface area contributed by atoms with Crippen LogP contribution in [-0.2, 0) is 9.59 Å². The summed E-state index contributed by atoms with van der Waals surface area (Å²) in [5.41, 5.74) is 2.00. The van der Waals surface area contributed by atoms with Gasteiger partial charge in [-0.15, -0.1) is 0 Å². The summed E-state index contributed by atoms with van der Waals surface area (Å²) < 4.78 is 0. The Morgan fingerprint density at radius 2 is 1.79 bits per heavy atom. The standard InChI is InChI=1S/C19H27N3O2/c1-15-5-7-17(8-6-15)20-18(23)14-21-12-9-16(13-21)19(24)22-10-3-2-4-11-22/h5-8,16H,2-4,9-14H2,1H3,(H,20,23). The maximum atomic E-state index is 12.6. The Balaban J connectivity index is 1.46. The molecule has 5 nitrogen and oxygen atoms in total. The lowest BCUT2D eigenvalue weighted by molar-refractivity contribution is -0.136. The molecule has 5 heteroatoms. The number of benzene rings is 1. The fourth-order valence-electron chi connectivity index (χ4n) is 3.59. The molecule has 0 aromatic heterocycles. The molecular formula is C19H27N3O2. The smallest absolute Gasteiger partial charge is 0.238 e.